The zero-order valence-electron chi connectivity index (χ0n) is 16.8. The molecule has 0 N–H and O–H groups in total. The van der Waals surface area contributed by atoms with Crippen LogP contribution in [0.4, 0.5) is 0 Å². The molecule has 2 unspecified atom stereocenters. The summed E-state index contributed by atoms with van der Waals surface area (Å²) in [6.45, 7) is 3.62. The van der Waals surface area contributed by atoms with Crippen LogP contribution in [0.5, 0.6) is 11.5 Å². The molecule has 0 saturated carbocycles. The number of methoxy groups -OCH3 is 1. The summed E-state index contributed by atoms with van der Waals surface area (Å²) in [5, 5.41) is 0. The Bertz CT molecular complexity index is 797. The van der Waals surface area contributed by atoms with Crippen LogP contribution in [0.1, 0.15) is 31.9 Å². The number of likely N-dealkylation sites (N-methyl/N-ethyl adjacent to an activating group) is 2. The number of aldehydes is 1. The Balaban J connectivity index is 2.00. The van der Waals surface area contributed by atoms with Gasteiger partial charge in [0, 0.05) is 7.05 Å². The van der Waals surface area contributed by atoms with Crippen LogP contribution in [0.15, 0.2) is 18.2 Å². The van der Waals surface area contributed by atoms with Crippen molar-refractivity contribution >= 4 is 18.2 Å². The van der Waals surface area contributed by atoms with E-state index in [9.17, 15) is 14.4 Å². The molecule has 152 valence electrons. The molecule has 4 atom stereocenters. The number of rotatable bonds is 5. The van der Waals surface area contributed by atoms with E-state index in [0.717, 1.165) is 11.8 Å². The van der Waals surface area contributed by atoms with Crippen molar-refractivity contribution in [2.24, 2.45) is 5.41 Å². The lowest BCUT2D eigenvalue weighted by molar-refractivity contribution is -0.153. The van der Waals surface area contributed by atoms with Crippen LogP contribution in [-0.2, 0) is 19.1 Å². The second kappa shape index (κ2) is 7.43. The number of fused-ring (bicyclic) bond motifs is 1. The summed E-state index contributed by atoms with van der Waals surface area (Å²) >= 11 is 0. The Labute approximate surface area is 164 Å². The molecule has 2 aliphatic rings. The molecule has 8 nitrogen and oxygen atoms in total. The van der Waals surface area contributed by atoms with Gasteiger partial charge in [0.25, 0.3) is 0 Å². The summed E-state index contributed by atoms with van der Waals surface area (Å²) in [5.41, 5.74) is -0.107. The first kappa shape index (κ1) is 20.1. The largest absolute Gasteiger partial charge is 0.469 e. The number of ether oxygens (including phenoxy) is 3. The standard InChI is InChI=1S/C20H26N2O6/c1-12(10-23)21(3)18(24)14-9-20(2,19(25)26-5)17(22(14)4)13-6-7-15-16(8-13)28-11-27-15/h6-8,10,12,14,17H,9,11H2,1-5H3/t12-,14?,17?,20+/m1/s1. The normalized spacial score (nSPS) is 27.3. The molecule has 0 bridgehead atoms. The monoisotopic (exact) mass is 390 g/mol. The van der Waals surface area contributed by atoms with E-state index in [4.69, 9.17) is 14.2 Å². The summed E-state index contributed by atoms with van der Waals surface area (Å²) < 4.78 is 15.9. The van der Waals surface area contributed by atoms with Crippen LogP contribution in [0.3, 0.4) is 0 Å². The maximum absolute atomic E-state index is 13.0. The second-order valence-corrected chi connectivity index (χ2v) is 7.64. The van der Waals surface area contributed by atoms with Crippen molar-refractivity contribution in [2.75, 3.05) is 28.0 Å². The first-order chi connectivity index (χ1) is 13.2. The Kier molecular flexibility index (Phi) is 5.34. The Hall–Kier alpha value is -2.61. The van der Waals surface area contributed by atoms with E-state index in [2.05, 4.69) is 0 Å². The van der Waals surface area contributed by atoms with E-state index >= 15 is 0 Å². The maximum atomic E-state index is 13.0. The highest BCUT2D eigenvalue weighted by Gasteiger charge is 2.56. The van der Waals surface area contributed by atoms with Crippen molar-refractivity contribution in [2.45, 2.75) is 38.4 Å². The maximum Gasteiger partial charge on any atom is 0.313 e. The van der Waals surface area contributed by atoms with Crippen LogP contribution >= 0.6 is 0 Å². The molecule has 1 saturated heterocycles. The lowest BCUT2D eigenvalue weighted by Crippen LogP contribution is -2.46. The van der Waals surface area contributed by atoms with Crippen molar-refractivity contribution < 1.29 is 28.6 Å². The fourth-order valence-electron chi connectivity index (χ4n) is 4.19. The molecule has 1 aromatic rings. The molecule has 2 heterocycles. The third kappa shape index (κ3) is 3.11. The summed E-state index contributed by atoms with van der Waals surface area (Å²) in [7, 11) is 4.75. The number of nitrogens with zero attached hydrogens (tertiary/aromatic N) is 2. The highest BCUT2D eigenvalue weighted by atomic mass is 16.7. The van der Waals surface area contributed by atoms with Gasteiger partial charge < -0.3 is 23.9 Å². The van der Waals surface area contributed by atoms with Gasteiger partial charge in [0.15, 0.2) is 11.5 Å². The van der Waals surface area contributed by atoms with Gasteiger partial charge in [0.1, 0.15) is 6.29 Å². The van der Waals surface area contributed by atoms with E-state index in [1.54, 1.807) is 27.0 Å². The molecule has 1 amide bonds. The molecule has 8 heteroatoms. The van der Waals surface area contributed by atoms with Gasteiger partial charge in [-0.15, -0.1) is 0 Å². The van der Waals surface area contributed by atoms with Crippen LogP contribution in [0.25, 0.3) is 0 Å². The van der Waals surface area contributed by atoms with Crippen molar-refractivity contribution in [3.63, 3.8) is 0 Å². The number of hydrogen-bond donors (Lipinski definition) is 0. The molecule has 0 aromatic heterocycles. The fraction of sp³-hybridized carbons (Fsp3) is 0.550. The van der Waals surface area contributed by atoms with Gasteiger partial charge in [-0.25, -0.2) is 0 Å². The molecule has 28 heavy (non-hydrogen) atoms. The average molecular weight is 390 g/mol. The molecule has 0 radical (unpaired) electrons. The molecule has 3 rings (SSSR count). The van der Waals surface area contributed by atoms with Crippen LogP contribution < -0.4 is 9.47 Å². The summed E-state index contributed by atoms with van der Waals surface area (Å²) in [6.07, 6.45) is 1.01. The number of carbonyl (C=O) groups is 3. The number of benzene rings is 1. The number of likely N-dealkylation sites (tertiary alicyclic amines) is 1. The number of amides is 1. The van der Waals surface area contributed by atoms with Crippen molar-refractivity contribution in [3.8, 4) is 11.5 Å². The van der Waals surface area contributed by atoms with Crippen molar-refractivity contribution in [1.29, 1.82) is 0 Å². The first-order valence-electron chi connectivity index (χ1n) is 9.16. The van der Waals surface area contributed by atoms with E-state index in [1.165, 1.54) is 12.0 Å². The topological polar surface area (TPSA) is 85.4 Å². The lowest BCUT2D eigenvalue weighted by Gasteiger charge is -2.33. The molecule has 1 aromatic carbocycles. The van der Waals surface area contributed by atoms with E-state index in [1.807, 2.05) is 24.1 Å². The van der Waals surface area contributed by atoms with Gasteiger partial charge in [-0.2, -0.15) is 0 Å². The SMILES string of the molecule is COC(=O)[C@@]1(C)CC(C(=O)N(C)[C@H](C)C=O)N(C)C1c1ccc2c(c1)OCO2. The highest BCUT2D eigenvalue weighted by Crippen LogP contribution is 2.51. The number of hydrogen-bond acceptors (Lipinski definition) is 7. The first-order valence-corrected chi connectivity index (χ1v) is 9.16. The Morgan fingerprint density at radius 2 is 2.04 bits per heavy atom. The number of esters is 1. The van der Waals surface area contributed by atoms with E-state index in [0.29, 0.717) is 11.5 Å². The van der Waals surface area contributed by atoms with Crippen LogP contribution in [0, 0.1) is 5.41 Å². The highest BCUT2D eigenvalue weighted by molar-refractivity contribution is 5.87. The molecule has 1 fully saturated rings. The minimum Gasteiger partial charge on any atom is -0.469 e. The molecular formula is C20H26N2O6. The zero-order valence-corrected chi connectivity index (χ0v) is 16.8. The zero-order chi connectivity index (χ0) is 20.6. The Morgan fingerprint density at radius 3 is 2.68 bits per heavy atom. The lowest BCUT2D eigenvalue weighted by atomic mass is 9.78. The quantitative estimate of drug-likeness (QED) is 0.555. The average Bonchev–Trinajstić information content (AvgIpc) is 3.27. The molecular weight excluding hydrogens is 364 g/mol. The minimum atomic E-state index is -0.942. The summed E-state index contributed by atoms with van der Waals surface area (Å²) in [6, 6.07) is 4.01. The third-order valence-electron chi connectivity index (χ3n) is 5.92. The van der Waals surface area contributed by atoms with Crippen molar-refractivity contribution in [3.05, 3.63) is 23.8 Å². The van der Waals surface area contributed by atoms with Gasteiger partial charge in [0.2, 0.25) is 12.7 Å². The van der Waals surface area contributed by atoms with Gasteiger partial charge in [-0.1, -0.05) is 6.07 Å². The summed E-state index contributed by atoms with van der Waals surface area (Å²) in [4.78, 5) is 40.2. The van der Waals surface area contributed by atoms with Gasteiger partial charge >= 0.3 is 5.97 Å². The number of carbonyl (C=O) groups excluding carboxylic acids is 3. The van der Waals surface area contributed by atoms with Crippen LogP contribution in [-0.4, -0.2) is 68.0 Å². The summed E-state index contributed by atoms with van der Waals surface area (Å²) in [5.74, 6) is 0.666. The third-order valence-corrected chi connectivity index (χ3v) is 5.92. The molecule has 2 aliphatic heterocycles. The van der Waals surface area contributed by atoms with E-state index < -0.39 is 23.5 Å². The fourth-order valence-corrected chi connectivity index (χ4v) is 4.19. The smallest absolute Gasteiger partial charge is 0.313 e. The van der Waals surface area contributed by atoms with Gasteiger partial charge in [-0.3, -0.25) is 14.5 Å². The van der Waals surface area contributed by atoms with Gasteiger partial charge in [0.05, 0.1) is 30.7 Å². The Morgan fingerprint density at radius 1 is 1.36 bits per heavy atom. The predicted octanol–water partition coefficient (Wildman–Crippen LogP) is 1.39. The molecule has 0 aliphatic carbocycles. The molecule has 0 spiro atoms. The second-order valence-electron chi connectivity index (χ2n) is 7.64. The van der Waals surface area contributed by atoms with Crippen LogP contribution in [0.2, 0.25) is 0 Å². The van der Waals surface area contributed by atoms with Crippen molar-refractivity contribution in [1.82, 2.24) is 9.80 Å². The van der Waals surface area contributed by atoms with E-state index in [-0.39, 0.29) is 25.1 Å². The predicted molar refractivity (Wildman–Crippen MR) is 99.9 cm³/mol. The minimum absolute atomic E-state index is 0.156. The van der Waals surface area contributed by atoms with Gasteiger partial charge in [-0.05, 0) is 45.0 Å².